The highest BCUT2D eigenvalue weighted by Gasteiger charge is 2.47. The molecular weight excluding hydrogens is 195 g/mol. The lowest BCUT2D eigenvalue weighted by atomic mass is 9.93. The van der Waals surface area contributed by atoms with Gasteiger partial charge in [-0.2, -0.15) is 13.2 Å². The van der Waals surface area contributed by atoms with Crippen molar-refractivity contribution in [2.24, 2.45) is 0 Å². The first-order valence-corrected chi connectivity index (χ1v) is 4.67. The van der Waals surface area contributed by atoms with Gasteiger partial charge in [-0.15, -0.1) is 0 Å². The second kappa shape index (κ2) is 4.06. The van der Waals surface area contributed by atoms with Gasteiger partial charge in [0.05, 0.1) is 18.6 Å². The molecule has 14 heavy (non-hydrogen) atoms. The van der Waals surface area contributed by atoms with Crippen LogP contribution >= 0.6 is 0 Å². The molecule has 2 nitrogen and oxygen atoms in total. The molecule has 0 amide bonds. The Bertz CT molecular complexity index is 195. The van der Waals surface area contributed by atoms with Crippen LogP contribution in [-0.4, -0.2) is 43.9 Å². The minimum absolute atomic E-state index is 0.156. The van der Waals surface area contributed by atoms with Crippen molar-refractivity contribution >= 4 is 0 Å². The number of alkyl halides is 3. The van der Waals surface area contributed by atoms with Gasteiger partial charge in [-0.25, -0.2) is 0 Å². The average molecular weight is 211 g/mol. The van der Waals surface area contributed by atoms with E-state index < -0.39 is 18.1 Å². The Morgan fingerprint density at radius 1 is 1.43 bits per heavy atom. The molecule has 0 aromatic carbocycles. The lowest BCUT2D eigenvalue weighted by Crippen LogP contribution is -2.48. The van der Waals surface area contributed by atoms with Gasteiger partial charge in [-0.3, -0.25) is 4.90 Å². The molecular formula is C9H16F3NO. The fourth-order valence-corrected chi connectivity index (χ4v) is 2.17. The molecule has 0 N–H and O–H groups in total. The lowest BCUT2D eigenvalue weighted by Gasteiger charge is -2.36. The van der Waals surface area contributed by atoms with Crippen molar-refractivity contribution in [3.05, 3.63) is 0 Å². The average Bonchev–Trinajstić information content (AvgIpc) is 2.30. The number of likely N-dealkylation sites (N-methyl/N-ethyl adjacent to an activating group) is 1. The summed E-state index contributed by atoms with van der Waals surface area (Å²) in [7, 11) is 3.18. The SMILES string of the molecule is COCC1(CC(F)(F)F)CCCN1C. The van der Waals surface area contributed by atoms with Gasteiger partial charge < -0.3 is 4.74 Å². The van der Waals surface area contributed by atoms with Gasteiger partial charge >= 0.3 is 6.18 Å². The Morgan fingerprint density at radius 3 is 2.43 bits per heavy atom. The highest BCUT2D eigenvalue weighted by molar-refractivity contribution is 4.95. The number of nitrogens with zero attached hydrogens (tertiary/aromatic N) is 1. The number of hydrogen-bond donors (Lipinski definition) is 0. The van der Waals surface area contributed by atoms with Crippen LogP contribution in [0.4, 0.5) is 13.2 Å². The Balaban J connectivity index is 2.71. The Labute approximate surface area is 82.0 Å². The summed E-state index contributed by atoms with van der Waals surface area (Å²) in [5.74, 6) is 0. The molecule has 1 fully saturated rings. The third-order valence-corrected chi connectivity index (χ3v) is 2.89. The van der Waals surface area contributed by atoms with E-state index in [4.69, 9.17) is 4.74 Å². The fraction of sp³-hybridized carbons (Fsp3) is 1.00. The van der Waals surface area contributed by atoms with Gasteiger partial charge in [0, 0.05) is 7.11 Å². The molecule has 1 atom stereocenters. The molecule has 0 aliphatic carbocycles. The van der Waals surface area contributed by atoms with E-state index in [0.717, 1.165) is 13.0 Å². The number of ether oxygens (including phenoxy) is 1. The maximum absolute atomic E-state index is 12.4. The van der Waals surface area contributed by atoms with Crippen molar-refractivity contribution < 1.29 is 17.9 Å². The Morgan fingerprint density at radius 2 is 2.07 bits per heavy atom. The minimum Gasteiger partial charge on any atom is -0.383 e. The van der Waals surface area contributed by atoms with Gasteiger partial charge in [0.15, 0.2) is 0 Å². The zero-order valence-electron chi connectivity index (χ0n) is 8.52. The number of rotatable bonds is 3. The van der Waals surface area contributed by atoms with Crippen molar-refractivity contribution in [1.82, 2.24) is 4.90 Å². The molecule has 5 heteroatoms. The van der Waals surface area contributed by atoms with Crippen LogP contribution in [0.2, 0.25) is 0 Å². The summed E-state index contributed by atoms with van der Waals surface area (Å²) in [6.07, 6.45) is -3.51. The Kier molecular flexibility index (Phi) is 3.42. The van der Waals surface area contributed by atoms with Crippen LogP contribution in [0.1, 0.15) is 19.3 Å². The molecule has 0 bridgehead atoms. The lowest BCUT2D eigenvalue weighted by molar-refractivity contribution is -0.164. The van der Waals surface area contributed by atoms with Crippen molar-refractivity contribution in [1.29, 1.82) is 0 Å². The summed E-state index contributed by atoms with van der Waals surface area (Å²) in [6.45, 7) is 0.877. The first-order valence-electron chi connectivity index (χ1n) is 4.67. The molecule has 1 aliphatic rings. The first-order chi connectivity index (χ1) is 6.40. The highest BCUT2D eigenvalue weighted by atomic mass is 19.4. The monoisotopic (exact) mass is 211 g/mol. The van der Waals surface area contributed by atoms with Crippen molar-refractivity contribution in [2.75, 3.05) is 27.3 Å². The quantitative estimate of drug-likeness (QED) is 0.708. The van der Waals surface area contributed by atoms with E-state index in [-0.39, 0.29) is 6.61 Å². The van der Waals surface area contributed by atoms with Crippen molar-refractivity contribution in [2.45, 2.75) is 31.0 Å². The largest absolute Gasteiger partial charge is 0.390 e. The van der Waals surface area contributed by atoms with E-state index in [1.165, 1.54) is 7.11 Å². The van der Waals surface area contributed by atoms with Crippen LogP contribution < -0.4 is 0 Å². The van der Waals surface area contributed by atoms with Crippen LogP contribution in [0.5, 0.6) is 0 Å². The summed E-state index contributed by atoms with van der Waals surface area (Å²) < 4.78 is 42.0. The van der Waals surface area contributed by atoms with Gasteiger partial charge in [0.25, 0.3) is 0 Å². The van der Waals surface area contributed by atoms with E-state index in [2.05, 4.69) is 0 Å². The van der Waals surface area contributed by atoms with Gasteiger partial charge in [-0.05, 0) is 26.4 Å². The third kappa shape index (κ3) is 2.60. The maximum atomic E-state index is 12.4. The molecule has 0 aromatic heterocycles. The van der Waals surface area contributed by atoms with Crippen molar-refractivity contribution in [3.8, 4) is 0 Å². The van der Waals surface area contributed by atoms with Crippen LogP contribution in [0.3, 0.4) is 0 Å². The van der Waals surface area contributed by atoms with E-state index >= 15 is 0 Å². The van der Waals surface area contributed by atoms with E-state index in [1.807, 2.05) is 0 Å². The number of hydrogen-bond acceptors (Lipinski definition) is 2. The molecule has 1 saturated heterocycles. The molecule has 0 radical (unpaired) electrons. The molecule has 1 heterocycles. The van der Waals surface area contributed by atoms with Crippen LogP contribution in [-0.2, 0) is 4.74 Å². The first kappa shape index (κ1) is 11.8. The topological polar surface area (TPSA) is 12.5 Å². The second-order valence-electron chi connectivity index (χ2n) is 3.97. The smallest absolute Gasteiger partial charge is 0.383 e. The minimum atomic E-state index is -4.11. The molecule has 84 valence electrons. The standard InChI is InChI=1S/C9H16F3NO/c1-13-5-3-4-8(13,7-14-2)6-9(10,11)12/h3-7H2,1-2H3. The zero-order chi connectivity index (χ0) is 10.8. The number of halogens is 3. The number of methoxy groups -OCH3 is 1. The van der Waals surface area contributed by atoms with Crippen molar-refractivity contribution in [3.63, 3.8) is 0 Å². The maximum Gasteiger partial charge on any atom is 0.390 e. The summed E-state index contributed by atoms with van der Waals surface area (Å²) in [4.78, 5) is 1.77. The van der Waals surface area contributed by atoms with Gasteiger partial charge in [-0.1, -0.05) is 0 Å². The predicted octanol–water partition coefficient (Wildman–Crippen LogP) is 2.05. The summed E-state index contributed by atoms with van der Waals surface area (Å²) >= 11 is 0. The molecule has 0 spiro atoms. The third-order valence-electron chi connectivity index (χ3n) is 2.89. The summed E-state index contributed by atoms with van der Waals surface area (Å²) in [5.41, 5.74) is -0.826. The van der Waals surface area contributed by atoms with E-state index in [0.29, 0.717) is 6.42 Å². The van der Waals surface area contributed by atoms with Gasteiger partial charge in [0.1, 0.15) is 0 Å². The summed E-state index contributed by atoms with van der Waals surface area (Å²) in [5, 5.41) is 0. The molecule has 0 aromatic rings. The predicted molar refractivity (Wildman–Crippen MR) is 47.1 cm³/mol. The van der Waals surface area contributed by atoms with E-state index in [1.54, 1.807) is 11.9 Å². The normalized spacial score (nSPS) is 29.8. The second-order valence-corrected chi connectivity index (χ2v) is 3.97. The molecule has 1 aliphatic heterocycles. The summed E-state index contributed by atoms with van der Waals surface area (Å²) in [6, 6.07) is 0. The number of likely N-dealkylation sites (tertiary alicyclic amines) is 1. The molecule has 1 unspecified atom stereocenters. The zero-order valence-corrected chi connectivity index (χ0v) is 8.52. The van der Waals surface area contributed by atoms with Crippen LogP contribution in [0.15, 0.2) is 0 Å². The van der Waals surface area contributed by atoms with Crippen LogP contribution in [0, 0.1) is 0 Å². The van der Waals surface area contributed by atoms with Crippen LogP contribution in [0.25, 0.3) is 0 Å². The Hall–Kier alpha value is -0.290. The molecule has 0 saturated carbocycles. The van der Waals surface area contributed by atoms with E-state index in [9.17, 15) is 13.2 Å². The van der Waals surface area contributed by atoms with Gasteiger partial charge in [0.2, 0.25) is 0 Å². The molecule has 1 rings (SSSR count). The highest BCUT2D eigenvalue weighted by Crippen LogP contribution is 2.38. The fourth-order valence-electron chi connectivity index (χ4n) is 2.17.